The van der Waals surface area contributed by atoms with Crippen molar-refractivity contribution in [1.82, 2.24) is 4.90 Å². The Labute approximate surface area is 99.0 Å². The number of fused-ring (bicyclic) bond motifs is 1. The molecule has 0 aromatic rings. The number of piperidine rings is 1. The maximum atomic E-state index is 8.95. The van der Waals surface area contributed by atoms with E-state index in [9.17, 15) is 0 Å². The molecular weight excluding hydrogens is 200 g/mol. The Bertz CT molecular complexity index is 208. The third-order valence-electron chi connectivity index (χ3n) is 4.38. The Morgan fingerprint density at radius 2 is 1.94 bits per heavy atom. The van der Waals surface area contributed by atoms with Crippen LogP contribution in [0.15, 0.2) is 0 Å². The molecule has 16 heavy (non-hydrogen) atoms. The highest BCUT2D eigenvalue weighted by atomic mass is 16.3. The highest BCUT2D eigenvalue weighted by molar-refractivity contribution is 4.87. The van der Waals surface area contributed by atoms with Gasteiger partial charge in [0.1, 0.15) is 0 Å². The lowest BCUT2D eigenvalue weighted by molar-refractivity contribution is 0.0570. The fourth-order valence-corrected chi connectivity index (χ4v) is 3.43. The summed E-state index contributed by atoms with van der Waals surface area (Å²) in [6.07, 6.45) is 9.41. The quantitative estimate of drug-likeness (QED) is 0.761. The lowest BCUT2D eigenvalue weighted by atomic mass is 9.78. The Hall–Kier alpha value is -0.120. The first-order valence-electron chi connectivity index (χ1n) is 6.91. The van der Waals surface area contributed by atoms with Crippen LogP contribution in [0.4, 0.5) is 0 Å². The van der Waals surface area contributed by atoms with Crippen LogP contribution in [0.1, 0.15) is 44.9 Å². The number of nitrogens with zero attached hydrogens (tertiary/aromatic N) is 1. The second-order valence-electron chi connectivity index (χ2n) is 5.52. The maximum Gasteiger partial charge on any atom is 0.0583 e. The number of hydrogen-bond donors (Lipinski definition) is 2. The summed E-state index contributed by atoms with van der Waals surface area (Å²) >= 11 is 0. The summed E-state index contributed by atoms with van der Waals surface area (Å²) in [5.41, 5.74) is 5.78. The summed E-state index contributed by atoms with van der Waals surface area (Å²) in [5.74, 6) is 0.952. The Morgan fingerprint density at radius 1 is 1.19 bits per heavy atom. The van der Waals surface area contributed by atoms with Crippen LogP contribution in [0.2, 0.25) is 0 Å². The van der Waals surface area contributed by atoms with Gasteiger partial charge in [0.05, 0.1) is 6.61 Å². The number of aliphatic hydroxyl groups excluding tert-OH is 1. The van der Waals surface area contributed by atoms with E-state index >= 15 is 0 Å². The highest BCUT2D eigenvalue weighted by Crippen LogP contribution is 2.35. The molecule has 0 aromatic heterocycles. The van der Waals surface area contributed by atoms with E-state index in [1.165, 1.54) is 45.1 Å². The van der Waals surface area contributed by atoms with E-state index in [0.717, 1.165) is 24.9 Å². The molecule has 0 aromatic carbocycles. The van der Waals surface area contributed by atoms with Crippen molar-refractivity contribution >= 4 is 0 Å². The first-order chi connectivity index (χ1) is 7.81. The standard InChI is InChI=1S/C13H26N2O/c14-12(10-16)7-9-15-8-3-5-11-4-1-2-6-13(11)15/h11-13,16H,1-10,14H2/t11-,12?,13-/m1/s1. The molecule has 0 bridgehead atoms. The van der Waals surface area contributed by atoms with Crippen LogP contribution >= 0.6 is 0 Å². The molecule has 3 nitrogen and oxygen atoms in total. The normalized spacial score (nSPS) is 33.4. The number of nitrogens with two attached hydrogens (primary N) is 1. The van der Waals surface area contributed by atoms with Gasteiger partial charge in [0.2, 0.25) is 0 Å². The average Bonchev–Trinajstić information content (AvgIpc) is 2.35. The predicted molar refractivity (Wildman–Crippen MR) is 66.2 cm³/mol. The second kappa shape index (κ2) is 5.99. The van der Waals surface area contributed by atoms with Gasteiger partial charge in [0.25, 0.3) is 0 Å². The van der Waals surface area contributed by atoms with E-state index in [4.69, 9.17) is 10.8 Å². The van der Waals surface area contributed by atoms with Crippen molar-refractivity contribution in [3.8, 4) is 0 Å². The number of hydrogen-bond acceptors (Lipinski definition) is 3. The molecule has 3 N–H and O–H groups in total. The van der Waals surface area contributed by atoms with Crippen LogP contribution < -0.4 is 5.73 Å². The van der Waals surface area contributed by atoms with Gasteiger partial charge in [-0.05, 0) is 51.1 Å². The summed E-state index contributed by atoms with van der Waals surface area (Å²) in [4.78, 5) is 2.64. The topological polar surface area (TPSA) is 49.5 Å². The van der Waals surface area contributed by atoms with E-state index < -0.39 is 0 Å². The zero-order chi connectivity index (χ0) is 11.4. The van der Waals surface area contributed by atoms with E-state index in [-0.39, 0.29) is 12.6 Å². The minimum Gasteiger partial charge on any atom is -0.395 e. The molecule has 1 heterocycles. The Morgan fingerprint density at radius 3 is 2.75 bits per heavy atom. The largest absolute Gasteiger partial charge is 0.395 e. The van der Waals surface area contributed by atoms with Crippen molar-refractivity contribution in [2.75, 3.05) is 19.7 Å². The number of likely N-dealkylation sites (tertiary alicyclic amines) is 1. The maximum absolute atomic E-state index is 8.95. The average molecular weight is 226 g/mol. The van der Waals surface area contributed by atoms with Gasteiger partial charge in [0, 0.05) is 12.1 Å². The highest BCUT2D eigenvalue weighted by Gasteiger charge is 2.32. The van der Waals surface area contributed by atoms with Crippen LogP contribution in [0.3, 0.4) is 0 Å². The first-order valence-corrected chi connectivity index (χ1v) is 6.91. The Kier molecular flexibility index (Phi) is 4.62. The van der Waals surface area contributed by atoms with Gasteiger partial charge in [0.15, 0.2) is 0 Å². The Balaban J connectivity index is 1.82. The molecule has 2 aliphatic rings. The molecule has 1 saturated heterocycles. The van der Waals surface area contributed by atoms with Crippen LogP contribution in [-0.4, -0.2) is 41.8 Å². The van der Waals surface area contributed by atoms with Crippen molar-refractivity contribution in [3.05, 3.63) is 0 Å². The molecule has 2 rings (SSSR count). The van der Waals surface area contributed by atoms with Gasteiger partial charge in [-0.2, -0.15) is 0 Å². The van der Waals surface area contributed by atoms with Gasteiger partial charge in [-0.25, -0.2) is 0 Å². The molecule has 0 radical (unpaired) electrons. The fourth-order valence-electron chi connectivity index (χ4n) is 3.43. The molecule has 1 saturated carbocycles. The third kappa shape index (κ3) is 2.96. The summed E-state index contributed by atoms with van der Waals surface area (Å²) in [6.45, 7) is 2.46. The van der Waals surface area contributed by atoms with Crippen molar-refractivity contribution in [1.29, 1.82) is 0 Å². The summed E-state index contributed by atoms with van der Waals surface area (Å²) in [6, 6.07) is 0.803. The summed E-state index contributed by atoms with van der Waals surface area (Å²) in [7, 11) is 0. The molecule has 2 fully saturated rings. The van der Waals surface area contributed by atoms with Crippen molar-refractivity contribution in [2.45, 2.75) is 57.0 Å². The SMILES string of the molecule is NC(CO)CCN1CCC[C@H]2CCCC[C@H]21. The monoisotopic (exact) mass is 226 g/mol. The zero-order valence-corrected chi connectivity index (χ0v) is 10.3. The van der Waals surface area contributed by atoms with E-state index in [2.05, 4.69) is 4.90 Å². The molecule has 0 spiro atoms. The second-order valence-corrected chi connectivity index (χ2v) is 5.52. The van der Waals surface area contributed by atoms with Crippen LogP contribution in [-0.2, 0) is 0 Å². The molecule has 0 amide bonds. The summed E-state index contributed by atoms with van der Waals surface area (Å²) < 4.78 is 0. The van der Waals surface area contributed by atoms with Crippen molar-refractivity contribution < 1.29 is 5.11 Å². The number of rotatable bonds is 4. The lowest BCUT2D eigenvalue weighted by Gasteiger charge is -2.44. The van der Waals surface area contributed by atoms with Crippen molar-refractivity contribution in [3.63, 3.8) is 0 Å². The third-order valence-corrected chi connectivity index (χ3v) is 4.38. The van der Waals surface area contributed by atoms with Gasteiger partial charge in [-0.1, -0.05) is 12.8 Å². The van der Waals surface area contributed by atoms with Gasteiger partial charge in [-0.3, -0.25) is 0 Å². The van der Waals surface area contributed by atoms with Gasteiger partial charge in [-0.15, -0.1) is 0 Å². The van der Waals surface area contributed by atoms with E-state index in [0.29, 0.717) is 0 Å². The molecule has 1 aliphatic carbocycles. The molecular formula is C13H26N2O. The lowest BCUT2D eigenvalue weighted by Crippen LogP contribution is -2.48. The predicted octanol–water partition coefficient (Wildman–Crippen LogP) is 1.35. The molecule has 1 aliphatic heterocycles. The van der Waals surface area contributed by atoms with E-state index in [1.54, 1.807) is 0 Å². The van der Waals surface area contributed by atoms with Crippen LogP contribution in [0, 0.1) is 5.92 Å². The minimum atomic E-state index is -0.0241. The number of aliphatic hydroxyl groups is 1. The van der Waals surface area contributed by atoms with Gasteiger partial charge >= 0.3 is 0 Å². The molecule has 94 valence electrons. The van der Waals surface area contributed by atoms with Crippen LogP contribution in [0.25, 0.3) is 0 Å². The van der Waals surface area contributed by atoms with E-state index in [1.807, 2.05) is 0 Å². The fraction of sp³-hybridized carbons (Fsp3) is 1.00. The van der Waals surface area contributed by atoms with Gasteiger partial charge < -0.3 is 15.7 Å². The van der Waals surface area contributed by atoms with Crippen LogP contribution in [0.5, 0.6) is 0 Å². The van der Waals surface area contributed by atoms with Crippen molar-refractivity contribution in [2.24, 2.45) is 11.7 Å². The molecule has 3 atom stereocenters. The minimum absolute atomic E-state index is 0.0241. The molecule has 3 heteroatoms. The summed E-state index contributed by atoms with van der Waals surface area (Å²) in [5, 5.41) is 8.95. The smallest absolute Gasteiger partial charge is 0.0583 e. The zero-order valence-electron chi connectivity index (χ0n) is 10.3. The first kappa shape index (κ1) is 12.3. The molecule has 1 unspecified atom stereocenters.